The molecule has 0 saturated heterocycles. The third-order valence-electron chi connectivity index (χ3n) is 2.99. The second-order valence-electron chi connectivity index (χ2n) is 5.32. The van der Waals surface area contributed by atoms with Gasteiger partial charge >= 0.3 is 53.6 Å². The molecule has 0 spiro atoms. The largest absolute Gasteiger partial charge is 0.477 e. The summed E-state index contributed by atoms with van der Waals surface area (Å²) in [4.78, 5) is 9.77. The molecule has 0 saturated carbocycles. The number of rotatable bonds is 7. The fourth-order valence-corrected chi connectivity index (χ4v) is 1.30. The van der Waals surface area contributed by atoms with E-state index in [1.54, 1.807) is 0 Å². The first-order valence-corrected chi connectivity index (χ1v) is 6.64. The topological polar surface area (TPSA) is 49.3 Å². The Balaban J connectivity index is 0. The van der Waals surface area contributed by atoms with Gasteiger partial charge in [0, 0.05) is 0 Å². The highest BCUT2D eigenvalue weighted by atomic mass is 19.4. The average Bonchev–Trinajstić information content (AvgIpc) is 2.53. The lowest BCUT2D eigenvalue weighted by molar-refractivity contribution is -0.459. The van der Waals surface area contributed by atoms with Crippen LogP contribution in [0.3, 0.4) is 0 Å². The van der Waals surface area contributed by atoms with Gasteiger partial charge in [0.25, 0.3) is 0 Å². The van der Waals surface area contributed by atoms with Gasteiger partial charge in [-0.2, -0.15) is 74.6 Å². The molecule has 0 atom stereocenters. The maximum atomic E-state index is 13.0. The van der Waals surface area contributed by atoms with Gasteiger partial charge in [0.15, 0.2) is 0 Å². The van der Waals surface area contributed by atoms with Gasteiger partial charge in [0.05, 0.1) is 0 Å². The molecule has 2 N–H and O–H groups in total. The Morgan fingerprint density at radius 3 is 0.903 bits per heavy atom. The second-order valence-corrected chi connectivity index (χ2v) is 5.32. The Kier molecular flexibility index (Phi) is 8.42. The molecular formula is C11H8F17NO2. The molecular weight excluding hydrogens is 501 g/mol. The molecule has 0 radical (unpaired) electrons. The first-order valence-electron chi connectivity index (χ1n) is 6.64. The van der Waals surface area contributed by atoms with E-state index in [0.29, 0.717) is 0 Å². The van der Waals surface area contributed by atoms with E-state index in [1.807, 2.05) is 14.1 Å². The van der Waals surface area contributed by atoms with Crippen LogP contribution >= 0.6 is 0 Å². The Morgan fingerprint density at radius 2 is 0.710 bits per heavy atom. The minimum atomic E-state index is -8.76. The molecule has 0 unspecified atom stereocenters. The summed E-state index contributed by atoms with van der Waals surface area (Å²) in [5.41, 5.74) is 0. The van der Waals surface area contributed by atoms with Crippen molar-refractivity contribution in [3.63, 3.8) is 0 Å². The van der Waals surface area contributed by atoms with Crippen LogP contribution in [-0.4, -0.2) is 72.8 Å². The van der Waals surface area contributed by atoms with Crippen LogP contribution in [0.4, 0.5) is 74.6 Å². The van der Waals surface area contributed by atoms with Crippen molar-refractivity contribution in [2.75, 3.05) is 14.1 Å². The van der Waals surface area contributed by atoms with Crippen LogP contribution in [0, 0.1) is 0 Å². The number of carbonyl (C=O) groups is 1. The standard InChI is InChI=1S/C9HF17O2.C2H7N/c10-2(11,1(27)28)3(12,13)4(14,15)5(16,17)6(18,19)7(20,21)8(22,23)9(24,25)26;1-3-2/h(H,27,28);3H,1-2H3. The molecule has 0 rings (SSSR count). The van der Waals surface area contributed by atoms with Crippen molar-refractivity contribution in [3.8, 4) is 0 Å². The number of hydrogen-bond donors (Lipinski definition) is 2. The van der Waals surface area contributed by atoms with E-state index in [2.05, 4.69) is 5.32 Å². The molecule has 20 heteroatoms. The fraction of sp³-hybridized carbons (Fsp3) is 0.909. The average molecular weight is 509 g/mol. The van der Waals surface area contributed by atoms with Crippen LogP contribution in [0.5, 0.6) is 0 Å². The molecule has 31 heavy (non-hydrogen) atoms. The van der Waals surface area contributed by atoms with E-state index < -0.39 is 53.6 Å². The molecule has 0 aromatic rings. The molecule has 0 fully saturated rings. The molecule has 0 amide bonds. The van der Waals surface area contributed by atoms with Crippen LogP contribution in [-0.2, 0) is 4.79 Å². The third kappa shape index (κ3) is 4.30. The zero-order chi connectivity index (χ0) is 26.3. The summed E-state index contributed by atoms with van der Waals surface area (Å²) in [7, 11) is 3.75. The predicted molar refractivity (Wildman–Crippen MR) is 63.3 cm³/mol. The predicted octanol–water partition coefficient (Wildman–Crippen LogP) is 4.92. The summed E-state index contributed by atoms with van der Waals surface area (Å²) in [5, 5.41) is 10.3. The number of hydrogen-bond acceptors (Lipinski definition) is 2. The van der Waals surface area contributed by atoms with Crippen molar-refractivity contribution in [2.24, 2.45) is 0 Å². The number of halogens is 17. The molecule has 0 aromatic carbocycles. The molecule has 0 aliphatic heterocycles. The van der Waals surface area contributed by atoms with E-state index in [1.165, 1.54) is 0 Å². The smallest absolute Gasteiger partial charge is 0.460 e. The van der Waals surface area contributed by atoms with Crippen LogP contribution < -0.4 is 5.32 Å². The van der Waals surface area contributed by atoms with E-state index in [0.717, 1.165) is 0 Å². The molecule has 0 heterocycles. The van der Waals surface area contributed by atoms with E-state index in [-0.39, 0.29) is 0 Å². The number of alkyl halides is 17. The third-order valence-corrected chi connectivity index (χ3v) is 2.99. The fourth-order valence-electron chi connectivity index (χ4n) is 1.30. The van der Waals surface area contributed by atoms with Gasteiger partial charge in [-0.1, -0.05) is 0 Å². The SMILES string of the molecule is CNC.O=C(O)C(F)(F)C(F)(F)C(F)(F)C(F)(F)C(F)(F)C(F)(F)C(F)(F)C(F)(F)F. The molecule has 0 aliphatic rings. The van der Waals surface area contributed by atoms with Crippen molar-refractivity contribution in [1.82, 2.24) is 5.32 Å². The minimum Gasteiger partial charge on any atom is -0.477 e. The van der Waals surface area contributed by atoms with Gasteiger partial charge < -0.3 is 10.4 Å². The van der Waals surface area contributed by atoms with E-state index in [4.69, 9.17) is 5.11 Å². The molecule has 188 valence electrons. The van der Waals surface area contributed by atoms with Crippen molar-refractivity contribution in [1.29, 1.82) is 0 Å². The van der Waals surface area contributed by atoms with Crippen molar-refractivity contribution in [3.05, 3.63) is 0 Å². The molecule has 3 nitrogen and oxygen atoms in total. The summed E-state index contributed by atoms with van der Waals surface area (Å²) >= 11 is 0. The van der Waals surface area contributed by atoms with Crippen molar-refractivity contribution >= 4 is 5.97 Å². The zero-order valence-corrected chi connectivity index (χ0v) is 14.3. The van der Waals surface area contributed by atoms with Gasteiger partial charge in [0.2, 0.25) is 0 Å². The summed E-state index contributed by atoms with van der Waals surface area (Å²) in [6.07, 6.45) is -7.83. The second kappa shape index (κ2) is 8.30. The number of nitrogens with one attached hydrogen (secondary N) is 1. The Morgan fingerprint density at radius 1 is 0.516 bits per heavy atom. The highest BCUT2D eigenvalue weighted by Crippen LogP contribution is 2.63. The van der Waals surface area contributed by atoms with Gasteiger partial charge in [-0.05, 0) is 14.1 Å². The Bertz CT molecular complexity index is 638. The summed E-state index contributed by atoms with van der Waals surface area (Å²) in [6.45, 7) is 0. The quantitative estimate of drug-likeness (QED) is 0.480. The Labute approximate surface area is 159 Å². The highest BCUT2D eigenvalue weighted by Gasteiger charge is 2.95. The minimum absolute atomic E-state index is 1.88. The van der Waals surface area contributed by atoms with Gasteiger partial charge in [-0.15, -0.1) is 0 Å². The van der Waals surface area contributed by atoms with Crippen LogP contribution in [0.25, 0.3) is 0 Å². The molecule has 0 aliphatic carbocycles. The van der Waals surface area contributed by atoms with Crippen molar-refractivity contribution in [2.45, 2.75) is 47.6 Å². The van der Waals surface area contributed by atoms with Crippen molar-refractivity contribution < 1.29 is 84.5 Å². The van der Waals surface area contributed by atoms with Crippen LogP contribution in [0.2, 0.25) is 0 Å². The summed E-state index contributed by atoms with van der Waals surface area (Å²) < 4.78 is 214. The lowest BCUT2D eigenvalue weighted by atomic mass is 9.89. The van der Waals surface area contributed by atoms with Crippen LogP contribution in [0.15, 0.2) is 0 Å². The van der Waals surface area contributed by atoms with Crippen LogP contribution in [0.1, 0.15) is 0 Å². The number of carboxylic acid groups (broad SMARTS) is 1. The maximum absolute atomic E-state index is 13.0. The molecule has 0 bridgehead atoms. The molecule has 0 aromatic heterocycles. The van der Waals surface area contributed by atoms with Gasteiger partial charge in [0.1, 0.15) is 0 Å². The lowest BCUT2D eigenvalue weighted by Crippen LogP contribution is -2.75. The number of aliphatic carboxylic acids is 1. The summed E-state index contributed by atoms with van der Waals surface area (Å²) in [5.74, 6) is -62.9. The van der Waals surface area contributed by atoms with E-state index in [9.17, 15) is 79.4 Å². The zero-order valence-electron chi connectivity index (χ0n) is 14.3. The summed E-state index contributed by atoms with van der Waals surface area (Å²) in [6, 6.07) is 0. The first-order chi connectivity index (χ1) is 13.1. The van der Waals surface area contributed by atoms with Gasteiger partial charge in [-0.25, -0.2) is 4.79 Å². The first kappa shape index (κ1) is 31.4. The maximum Gasteiger partial charge on any atom is 0.460 e. The van der Waals surface area contributed by atoms with Gasteiger partial charge in [-0.3, -0.25) is 0 Å². The lowest BCUT2D eigenvalue weighted by Gasteiger charge is -2.42. The Hall–Kier alpha value is -1.76. The highest BCUT2D eigenvalue weighted by molar-refractivity contribution is 5.77. The van der Waals surface area contributed by atoms with E-state index >= 15 is 0 Å². The normalized spacial score (nSPS) is 15.3. The number of carboxylic acids is 1. The monoisotopic (exact) mass is 509 g/mol.